The molecule has 0 unspecified atom stereocenters. The van der Waals surface area contributed by atoms with Gasteiger partial charge in [0.25, 0.3) is 0 Å². The van der Waals surface area contributed by atoms with Crippen LogP contribution in [0.1, 0.15) is 29.3 Å². The van der Waals surface area contributed by atoms with E-state index in [1.165, 1.54) is 4.70 Å². The first kappa shape index (κ1) is 19.3. The first-order valence-corrected chi connectivity index (χ1v) is 11.2. The van der Waals surface area contributed by atoms with Crippen molar-refractivity contribution in [2.24, 2.45) is 0 Å². The van der Waals surface area contributed by atoms with Crippen LogP contribution >= 0.6 is 11.3 Å². The van der Waals surface area contributed by atoms with Crippen LogP contribution in [-0.2, 0) is 11.3 Å². The molecular formula is C23H25N3O3S. The van der Waals surface area contributed by atoms with E-state index in [4.69, 9.17) is 14.5 Å². The van der Waals surface area contributed by atoms with Gasteiger partial charge in [-0.15, -0.1) is 11.3 Å². The highest BCUT2D eigenvalue weighted by Gasteiger charge is 2.27. The zero-order chi connectivity index (χ0) is 20.5. The minimum atomic E-state index is 0.184. The molecule has 1 atom stereocenters. The number of carbonyl (C=O) groups excluding carboxylic acids is 1. The van der Waals surface area contributed by atoms with Crippen LogP contribution in [-0.4, -0.2) is 54.2 Å². The second-order valence-corrected chi connectivity index (χ2v) is 9.12. The van der Waals surface area contributed by atoms with Gasteiger partial charge in [-0.25, -0.2) is 4.98 Å². The molecule has 1 fully saturated rings. The number of ether oxygens (including phenoxy) is 2. The molecular weight excluding hydrogens is 398 g/mol. The first-order valence-electron chi connectivity index (χ1n) is 10.4. The molecule has 3 aromatic rings. The first-order chi connectivity index (χ1) is 14.7. The number of hydrogen-bond donors (Lipinski definition) is 0. The van der Waals surface area contributed by atoms with Gasteiger partial charge in [-0.3, -0.25) is 9.69 Å². The summed E-state index contributed by atoms with van der Waals surface area (Å²) in [7, 11) is 1.98. The maximum Gasteiger partial charge on any atom is 0.236 e. The van der Waals surface area contributed by atoms with Crippen molar-refractivity contribution in [3.05, 3.63) is 53.0 Å². The molecule has 0 bridgehead atoms. The third-order valence-electron chi connectivity index (χ3n) is 5.73. The summed E-state index contributed by atoms with van der Waals surface area (Å²) in [6.45, 7) is 2.96. The van der Waals surface area contributed by atoms with E-state index in [-0.39, 0.29) is 12.7 Å². The van der Waals surface area contributed by atoms with Gasteiger partial charge < -0.3 is 14.4 Å². The van der Waals surface area contributed by atoms with E-state index in [2.05, 4.69) is 23.1 Å². The number of carbonyl (C=O) groups is 1. The molecule has 0 radical (unpaired) electrons. The molecule has 2 aliphatic heterocycles. The summed E-state index contributed by atoms with van der Waals surface area (Å²) in [5, 5.41) is 1.16. The van der Waals surface area contributed by atoms with Crippen molar-refractivity contribution in [2.75, 3.05) is 33.5 Å². The van der Waals surface area contributed by atoms with Crippen LogP contribution in [0.15, 0.2) is 42.5 Å². The number of piperidine rings is 1. The predicted octanol–water partition coefficient (Wildman–Crippen LogP) is 3.86. The maximum atomic E-state index is 13.0. The molecule has 0 N–H and O–H groups in total. The number of likely N-dealkylation sites (N-methyl/N-ethyl adjacent to an activating group) is 1. The lowest BCUT2D eigenvalue weighted by Crippen LogP contribution is -2.43. The van der Waals surface area contributed by atoms with Gasteiger partial charge in [0, 0.05) is 25.6 Å². The Labute approximate surface area is 180 Å². The summed E-state index contributed by atoms with van der Waals surface area (Å²) in [4.78, 5) is 21.8. The summed E-state index contributed by atoms with van der Waals surface area (Å²) in [6.07, 6.45) is 2.12. The van der Waals surface area contributed by atoms with Crippen molar-refractivity contribution in [1.82, 2.24) is 14.8 Å². The Balaban J connectivity index is 1.20. The molecule has 2 aliphatic rings. The third-order valence-corrected chi connectivity index (χ3v) is 6.93. The smallest absolute Gasteiger partial charge is 0.236 e. The topological polar surface area (TPSA) is 54.9 Å². The number of benzene rings is 2. The Morgan fingerprint density at radius 1 is 1.23 bits per heavy atom. The minimum Gasteiger partial charge on any atom is -0.454 e. The van der Waals surface area contributed by atoms with Crippen LogP contribution in [0, 0.1) is 0 Å². The highest BCUT2D eigenvalue weighted by molar-refractivity contribution is 7.18. The quantitative estimate of drug-likeness (QED) is 0.624. The predicted molar refractivity (Wildman–Crippen MR) is 117 cm³/mol. The zero-order valence-electron chi connectivity index (χ0n) is 17.0. The van der Waals surface area contributed by atoms with Gasteiger partial charge in [0.05, 0.1) is 21.8 Å². The van der Waals surface area contributed by atoms with E-state index < -0.39 is 0 Å². The summed E-state index contributed by atoms with van der Waals surface area (Å²) in [6, 6.07) is 14.2. The molecule has 7 heteroatoms. The standard InChI is InChI=1S/C23H25N3O3S/c1-25(12-16-8-9-19-20(11-16)29-15-28-19)14-22(27)26-10-4-5-17(13-26)23-24-18-6-2-3-7-21(18)30-23/h2-3,6-9,11,17H,4-5,10,12-15H2,1H3/t17-/m1/s1. The lowest BCUT2D eigenvalue weighted by atomic mass is 9.98. The Hall–Kier alpha value is -2.64. The van der Waals surface area contributed by atoms with Crippen molar-refractivity contribution >= 4 is 27.5 Å². The largest absolute Gasteiger partial charge is 0.454 e. The Bertz CT molecular complexity index is 1030. The van der Waals surface area contributed by atoms with Crippen molar-refractivity contribution in [1.29, 1.82) is 0 Å². The molecule has 0 spiro atoms. The molecule has 5 rings (SSSR count). The number of rotatable bonds is 5. The van der Waals surface area contributed by atoms with E-state index in [0.29, 0.717) is 19.0 Å². The van der Waals surface area contributed by atoms with E-state index in [0.717, 1.165) is 53.5 Å². The number of hydrogen-bond acceptors (Lipinski definition) is 6. The summed E-state index contributed by atoms with van der Waals surface area (Å²) >= 11 is 1.76. The zero-order valence-corrected chi connectivity index (χ0v) is 17.9. The summed E-state index contributed by atoms with van der Waals surface area (Å²) in [5.41, 5.74) is 2.17. The average molecular weight is 424 g/mol. The van der Waals surface area contributed by atoms with E-state index in [1.54, 1.807) is 11.3 Å². The molecule has 1 saturated heterocycles. The van der Waals surface area contributed by atoms with Crippen LogP contribution in [0.5, 0.6) is 11.5 Å². The number of likely N-dealkylation sites (tertiary alicyclic amines) is 1. The second-order valence-electron chi connectivity index (χ2n) is 8.06. The molecule has 0 saturated carbocycles. The van der Waals surface area contributed by atoms with Gasteiger partial charge in [0.1, 0.15) is 0 Å². The minimum absolute atomic E-state index is 0.184. The number of amides is 1. The third kappa shape index (κ3) is 4.00. The normalized spacial score (nSPS) is 18.3. The Morgan fingerprint density at radius 2 is 2.10 bits per heavy atom. The molecule has 6 nitrogen and oxygen atoms in total. The number of fused-ring (bicyclic) bond motifs is 2. The van der Waals surface area contributed by atoms with Crippen LogP contribution < -0.4 is 9.47 Å². The number of para-hydroxylation sites is 1. The molecule has 1 aromatic heterocycles. The highest BCUT2D eigenvalue weighted by Crippen LogP contribution is 2.34. The second kappa shape index (κ2) is 8.24. The SMILES string of the molecule is CN(CC(=O)N1CCC[C@@H](c2nc3ccccc3s2)C1)Cc1ccc2c(c1)OCO2. The van der Waals surface area contributed by atoms with Gasteiger partial charge in [0.2, 0.25) is 12.7 Å². The fraction of sp³-hybridized carbons (Fsp3) is 0.391. The van der Waals surface area contributed by atoms with Gasteiger partial charge in [-0.05, 0) is 49.7 Å². The summed E-state index contributed by atoms with van der Waals surface area (Å²) in [5.74, 6) is 2.08. The van der Waals surface area contributed by atoms with Crippen molar-refractivity contribution in [2.45, 2.75) is 25.3 Å². The van der Waals surface area contributed by atoms with Crippen molar-refractivity contribution in [3.8, 4) is 11.5 Å². The van der Waals surface area contributed by atoms with Crippen molar-refractivity contribution in [3.63, 3.8) is 0 Å². The molecule has 3 heterocycles. The maximum absolute atomic E-state index is 13.0. The van der Waals surface area contributed by atoms with E-state index in [1.807, 2.05) is 36.2 Å². The lowest BCUT2D eigenvalue weighted by Gasteiger charge is -2.33. The number of thiazole rings is 1. The van der Waals surface area contributed by atoms with Gasteiger partial charge in [-0.2, -0.15) is 0 Å². The van der Waals surface area contributed by atoms with Gasteiger partial charge >= 0.3 is 0 Å². The monoisotopic (exact) mass is 423 g/mol. The Kier molecular flexibility index (Phi) is 5.31. The van der Waals surface area contributed by atoms with E-state index >= 15 is 0 Å². The molecule has 2 aromatic carbocycles. The van der Waals surface area contributed by atoms with Crippen LogP contribution in [0.4, 0.5) is 0 Å². The van der Waals surface area contributed by atoms with Crippen molar-refractivity contribution < 1.29 is 14.3 Å². The molecule has 156 valence electrons. The highest BCUT2D eigenvalue weighted by atomic mass is 32.1. The van der Waals surface area contributed by atoms with Crippen LogP contribution in [0.25, 0.3) is 10.2 Å². The van der Waals surface area contributed by atoms with Crippen LogP contribution in [0.2, 0.25) is 0 Å². The average Bonchev–Trinajstić information content (AvgIpc) is 3.40. The number of nitrogens with zero attached hydrogens (tertiary/aromatic N) is 3. The fourth-order valence-electron chi connectivity index (χ4n) is 4.21. The lowest BCUT2D eigenvalue weighted by molar-refractivity contribution is -0.133. The van der Waals surface area contributed by atoms with E-state index in [9.17, 15) is 4.79 Å². The van der Waals surface area contributed by atoms with Crippen LogP contribution in [0.3, 0.4) is 0 Å². The summed E-state index contributed by atoms with van der Waals surface area (Å²) < 4.78 is 12.0. The molecule has 1 amide bonds. The Morgan fingerprint density at radius 3 is 3.00 bits per heavy atom. The molecule has 30 heavy (non-hydrogen) atoms. The molecule has 0 aliphatic carbocycles. The fourth-order valence-corrected chi connectivity index (χ4v) is 5.30. The number of aromatic nitrogens is 1. The van der Waals surface area contributed by atoms with Gasteiger partial charge in [0.15, 0.2) is 11.5 Å². The van der Waals surface area contributed by atoms with Gasteiger partial charge in [-0.1, -0.05) is 18.2 Å².